The third-order valence-electron chi connectivity index (χ3n) is 5.88. The van der Waals surface area contributed by atoms with Crippen LogP contribution in [0.1, 0.15) is 43.5 Å². The quantitative estimate of drug-likeness (QED) is 0.453. The zero-order valence-electron chi connectivity index (χ0n) is 17.2. The van der Waals surface area contributed by atoms with Crippen LogP contribution >= 0.6 is 12.2 Å². The molecule has 3 aromatic rings. The van der Waals surface area contributed by atoms with E-state index in [-0.39, 0.29) is 0 Å². The van der Waals surface area contributed by atoms with Gasteiger partial charge in [0.05, 0.1) is 19.1 Å². The number of anilines is 1. The van der Waals surface area contributed by atoms with Crippen molar-refractivity contribution in [1.82, 2.24) is 9.97 Å². The number of aromatic nitrogens is 2. The van der Waals surface area contributed by atoms with Crippen molar-refractivity contribution < 1.29 is 9.47 Å². The maximum Gasteiger partial charge on any atom is 0.150 e. The first-order valence-corrected chi connectivity index (χ1v) is 10.5. The molecule has 1 aromatic heterocycles. The number of hydrogen-bond donors (Lipinski definition) is 1. The molecule has 0 unspecified atom stereocenters. The van der Waals surface area contributed by atoms with Crippen LogP contribution in [-0.2, 0) is 0 Å². The van der Waals surface area contributed by atoms with Crippen molar-refractivity contribution in [3.05, 3.63) is 47.8 Å². The second-order valence-corrected chi connectivity index (χ2v) is 7.94. The Morgan fingerprint density at radius 3 is 2.45 bits per heavy atom. The first-order chi connectivity index (χ1) is 14.1. The Morgan fingerprint density at radius 1 is 1.03 bits per heavy atom. The number of ether oxygens (including phenoxy) is 2. The molecule has 1 aliphatic carbocycles. The van der Waals surface area contributed by atoms with Crippen LogP contribution in [0.3, 0.4) is 0 Å². The predicted molar refractivity (Wildman–Crippen MR) is 122 cm³/mol. The fraction of sp³-hybridized carbons (Fsp3) is 0.391. The number of nitrogens with zero attached hydrogens (tertiary/aromatic N) is 2. The molecular formula is C23H27N3O2S. The lowest BCUT2D eigenvalue weighted by Gasteiger charge is -2.34. The highest BCUT2D eigenvalue weighted by Gasteiger charge is 2.23. The minimum atomic E-state index is 0.559. The number of nitrogens with one attached hydrogen (secondary N) is 1. The van der Waals surface area contributed by atoms with Gasteiger partial charge in [-0.3, -0.25) is 0 Å². The SMILES string of the molecule is COc1ccc(OC)c2[nH]c(C(=S)c3ccccc3N(C)C3CCCCC3)nc12. The van der Waals surface area contributed by atoms with Crippen LogP contribution in [-0.4, -0.2) is 42.1 Å². The molecule has 0 aliphatic heterocycles. The summed E-state index contributed by atoms with van der Waals surface area (Å²) in [5.41, 5.74) is 3.70. The topological polar surface area (TPSA) is 50.4 Å². The fourth-order valence-corrected chi connectivity index (χ4v) is 4.52. The lowest BCUT2D eigenvalue weighted by molar-refractivity contribution is 0.409. The van der Waals surface area contributed by atoms with E-state index in [0.29, 0.717) is 22.5 Å². The zero-order valence-corrected chi connectivity index (χ0v) is 18.0. The first kappa shape index (κ1) is 19.7. The Kier molecular flexibility index (Phi) is 5.72. The molecule has 5 nitrogen and oxygen atoms in total. The van der Waals surface area contributed by atoms with E-state index in [1.54, 1.807) is 14.2 Å². The molecule has 1 saturated carbocycles. The summed E-state index contributed by atoms with van der Waals surface area (Å²) in [7, 11) is 5.47. The van der Waals surface area contributed by atoms with Gasteiger partial charge in [0.2, 0.25) is 0 Å². The first-order valence-electron chi connectivity index (χ1n) is 10.1. The molecule has 0 atom stereocenters. The van der Waals surface area contributed by atoms with Crippen LogP contribution in [0.15, 0.2) is 36.4 Å². The second kappa shape index (κ2) is 8.41. The number of para-hydroxylation sites is 1. The molecule has 6 heteroatoms. The monoisotopic (exact) mass is 409 g/mol. The van der Waals surface area contributed by atoms with Gasteiger partial charge in [-0.1, -0.05) is 49.7 Å². The summed E-state index contributed by atoms with van der Waals surface area (Å²) >= 11 is 5.89. The minimum absolute atomic E-state index is 0.559. The molecule has 0 radical (unpaired) electrons. The molecule has 4 rings (SSSR count). The van der Waals surface area contributed by atoms with E-state index in [1.807, 2.05) is 18.2 Å². The maximum absolute atomic E-state index is 5.89. The van der Waals surface area contributed by atoms with E-state index in [9.17, 15) is 0 Å². The van der Waals surface area contributed by atoms with Crippen molar-refractivity contribution in [2.45, 2.75) is 38.1 Å². The molecule has 0 saturated heterocycles. The van der Waals surface area contributed by atoms with Gasteiger partial charge < -0.3 is 19.4 Å². The van der Waals surface area contributed by atoms with Crippen LogP contribution in [0.25, 0.3) is 11.0 Å². The number of thiocarbonyl (C=S) groups is 1. The van der Waals surface area contributed by atoms with Crippen LogP contribution in [0.5, 0.6) is 11.5 Å². The second-order valence-electron chi connectivity index (χ2n) is 7.53. The van der Waals surface area contributed by atoms with Gasteiger partial charge in [0, 0.05) is 24.3 Å². The van der Waals surface area contributed by atoms with E-state index in [2.05, 4.69) is 35.1 Å². The van der Waals surface area contributed by atoms with Crippen molar-refractivity contribution >= 4 is 33.8 Å². The van der Waals surface area contributed by atoms with Gasteiger partial charge in [-0.15, -0.1) is 0 Å². The zero-order chi connectivity index (χ0) is 20.4. The summed E-state index contributed by atoms with van der Waals surface area (Å²) in [6, 6.07) is 12.6. The number of H-pyrrole nitrogens is 1. The van der Waals surface area contributed by atoms with Crippen LogP contribution in [0.4, 0.5) is 5.69 Å². The molecular weight excluding hydrogens is 382 g/mol. The number of methoxy groups -OCH3 is 2. The van der Waals surface area contributed by atoms with Crippen LogP contribution in [0.2, 0.25) is 0 Å². The number of aromatic amines is 1. The normalized spacial score (nSPS) is 14.7. The Morgan fingerprint density at radius 2 is 1.72 bits per heavy atom. The van der Waals surface area contributed by atoms with Gasteiger partial charge in [0.15, 0.2) is 0 Å². The van der Waals surface area contributed by atoms with Crippen LogP contribution in [0, 0.1) is 0 Å². The summed E-state index contributed by atoms with van der Waals surface area (Å²) in [5.74, 6) is 2.07. The number of imidazole rings is 1. The molecule has 0 spiro atoms. The standard InChI is InChI=1S/C23H27N3O2S/c1-26(15-9-5-4-6-10-15)17-12-8-7-11-16(17)22(29)23-24-20-18(27-2)13-14-19(28-3)21(20)25-23/h7-8,11-15H,4-6,9-10H2,1-3H3,(H,24,25). The molecule has 1 aliphatic rings. The number of rotatable bonds is 6. The van der Waals surface area contributed by atoms with Crippen molar-refractivity contribution in [3.63, 3.8) is 0 Å². The lowest BCUT2D eigenvalue weighted by atomic mass is 9.93. The van der Waals surface area contributed by atoms with E-state index in [0.717, 1.165) is 28.0 Å². The highest BCUT2D eigenvalue weighted by molar-refractivity contribution is 7.81. The smallest absolute Gasteiger partial charge is 0.150 e. The van der Waals surface area contributed by atoms with Crippen molar-refractivity contribution in [3.8, 4) is 11.5 Å². The Balaban J connectivity index is 1.74. The Hall–Kier alpha value is -2.60. The predicted octanol–water partition coefficient (Wildman–Crippen LogP) is 5.12. The summed E-state index contributed by atoms with van der Waals surface area (Å²) in [4.78, 5) is 11.2. The average molecular weight is 410 g/mol. The average Bonchev–Trinajstić information content (AvgIpc) is 3.23. The molecule has 2 aromatic carbocycles. The summed E-state index contributed by atoms with van der Waals surface area (Å²) < 4.78 is 11.0. The number of fused-ring (bicyclic) bond motifs is 1. The van der Waals surface area contributed by atoms with Crippen molar-refractivity contribution in [2.24, 2.45) is 0 Å². The van der Waals surface area contributed by atoms with Gasteiger partial charge >= 0.3 is 0 Å². The van der Waals surface area contributed by atoms with Gasteiger partial charge in [-0.2, -0.15) is 0 Å². The maximum atomic E-state index is 5.89. The minimum Gasteiger partial charge on any atom is -0.494 e. The van der Waals surface area contributed by atoms with E-state index in [1.165, 1.54) is 32.1 Å². The molecule has 152 valence electrons. The largest absolute Gasteiger partial charge is 0.494 e. The third-order valence-corrected chi connectivity index (χ3v) is 6.29. The van der Waals surface area contributed by atoms with Gasteiger partial charge in [0.25, 0.3) is 0 Å². The van der Waals surface area contributed by atoms with Crippen molar-refractivity contribution in [2.75, 3.05) is 26.2 Å². The van der Waals surface area contributed by atoms with E-state index in [4.69, 9.17) is 26.7 Å². The fourth-order valence-electron chi connectivity index (χ4n) is 4.25. The Bertz CT molecular complexity index is 983. The highest BCUT2D eigenvalue weighted by atomic mass is 32.1. The molecule has 1 fully saturated rings. The van der Waals surface area contributed by atoms with Crippen molar-refractivity contribution in [1.29, 1.82) is 0 Å². The Labute approximate surface area is 177 Å². The summed E-state index contributed by atoms with van der Waals surface area (Å²) in [6.07, 6.45) is 6.40. The molecule has 1 heterocycles. The number of benzene rings is 2. The molecule has 1 N–H and O–H groups in total. The number of hydrogen-bond acceptors (Lipinski definition) is 5. The molecule has 0 amide bonds. The molecule has 29 heavy (non-hydrogen) atoms. The van der Waals surface area contributed by atoms with Crippen LogP contribution < -0.4 is 14.4 Å². The van der Waals surface area contributed by atoms with Gasteiger partial charge in [-0.25, -0.2) is 4.98 Å². The third kappa shape index (κ3) is 3.69. The summed E-state index contributed by atoms with van der Waals surface area (Å²) in [6.45, 7) is 0. The van der Waals surface area contributed by atoms with Gasteiger partial charge in [0.1, 0.15) is 28.4 Å². The molecule has 0 bridgehead atoms. The van der Waals surface area contributed by atoms with E-state index >= 15 is 0 Å². The summed E-state index contributed by atoms with van der Waals surface area (Å²) in [5, 5.41) is 0. The van der Waals surface area contributed by atoms with E-state index < -0.39 is 0 Å². The van der Waals surface area contributed by atoms with Gasteiger partial charge in [-0.05, 0) is 31.0 Å². The lowest BCUT2D eigenvalue weighted by Crippen LogP contribution is -2.34. The highest BCUT2D eigenvalue weighted by Crippen LogP contribution is 2.33.